The summed E-state index contributed by atoms with van der Waals surface area (Å²) in [7, 11) is 2.57. The average molecular weight is 465 g/mol. The Labute approximate surface area is 191 Å². The lowest BCUT2D eigenvalue weighted by Gasteiger charge is -2.11. The highest BCUT2D eigenvalue weighted by atomic mass is 32.1. The van der Waals surface area contributed by atoms with E-state index in [1.807, 2.05) is 23.6 Å². The summed E-state index contributed by atoms with van der Waals surface area (Å²) in [6, 6.07) is 14.3. The zero-order valence-corrected chi connectivity index (χ0v) is 18.5. The fourth-order valence-corrected chi connectivity index (χ4v) is 3.92. The minimum Gasteiger partial charge on any atom is -0.453 e. The lowest BCUT2D eigenvalue weighted by Crippen LogP contribution is -2.42. The molecule has 11 heteroatoms. The van der Waals surface area contributed by atoms with Gasteiger partial charge in [-0.25, -0.2) is 14.3 Å². The van der Waals surface area contributed by atoms with Crippen LogP contribution in [0.3, 0.4) is 0 Å². The van der Waals surface area contributed by atoms with Crippen LogP contribution in [-0.2, 0) is 18.8 Å². The largest absolute Gasteiger partial charge is 0.453 e. The van der Waals surface area contributed by atoms with Crippen molar-refractivity contribution in [1.29, 1.82) is 0 Å². The molecule has 0 aliphatic carbocycles. The van der Waals surface area contributed by atoms with E-state index in [1.165, 1.54) is 30.1 Å². The van der Waals surface area contributed by atoms with Crippen molar-refractivity contribution in [3.63, 3.8) is 0 Å². The van der Waals surface area contributed by atoms with Gasteiger partial charge in [0.15, 0.2) is 12.3 Å². The van der Waals surface area contributed by atoms with Gasteiger partial charge >= 0.3 is 11.7 Å². The second-order valence-corrected chi connectivity index (χ2v) is 8.05. The average Bonchev–Trinajstić information content (AvgIpc) is 3.51. The first kappa shape index (κ1) is 22.0. The number of Topliss-reactive ketones (excluding diaryl/α,β-unsaturated/α-hetero) is 1. The van der Waals surface area contributed by atoms with Gasteiger partial charge in [0.2, 0.25) is 5.78 Å². The number of hydrogen-bond donors (Lipinski definition) is 1. The summed E-state index contributed by atoms with van der Waals surface area (Å²) in [5.74, 6) is -1.91. The van der Waals surface area contributed by atoms with E-state index in [0.29, 0.717) is 11.4 Å². The Bertz CT molecular complexity index is 1470. The van der Waals surface area contributed by atoms with Gasteiger partial charge in [-0.05, 0) is 23.6 Å². The number of thiophene rings is 1. The number of hydrogen-bond acceptors (Lipinski definition) is 8. The van der Waals surface area contributed by atoms with Crippen molar-refractivity contribution in [2.45, 2.75) is 0 Å². The van der Waals surface area contributed by atoms with Gasteiger partial charge in [-0.15, -0.1) is 11.3 Å². The molecule has 10 nitrogen and oxygen atoms in total. The Morgan fingerprint density at radius 2 is 1.79 bits per heavy atom. The van der Waals surface area contributed by atoms with Crippen molar-refractivity contribution < 1.29 is 14.3 Å². The number of nitrogens with zero attached hydrogens (tertiary/aromatic N) is 4. The first-order chi connectivity index (χ1) is 15.8. The van der Waals surface area contributed by atoms with Crippen molar-refractivity contribution in [3.8, 4) is 16.3 Å². The summed E-state index contributed by atoms with van der Waals surface area (Å²) in [5, 5.41) is 6.41. The number of carbonyl (C=O) groups excluding carboxylic acids is 2. The van der Waals surface area contributed by atoms with E-state index in [1.54, 1.807) is 30.3 Å². The van der Waals surface area contributed by atoms with Crippen LogP contribution in [0.1, 0.15) is 20.8 Å². The lowest BCUT2D eigenvalue weighted by atomic mass is 10.2. The molecule has 1 aromatic carbocycles. The van der Waals surface area contributed by atoms with Crippen LogP contribution >= 0.6 is 11.3 Å². The summed E-state index contributed by atoms with van der Waals surface area (Å²) in [5.41, 5.74) is 5.18. The zero-order chi connectivity index (χ0) is 23.7. The second kappa shape index (κ2) is 8.71. The Morgan fingerprint density at radius 1 is 1.06 bits per heavy atom. The maximum atomic E-state index is 12.9. The van der Waals surface area contributed by atoms with Gasteiger partial charge in [0, 0.05) is 20.2 Å². The van der Waals surface area contributed by atoms with Crippen molar-refractivity contribution in [3.05, 3.63) is 86.0 Å². The topological polar surface area (TPSA) is 131 Å². The molecule has 33 heavy (non-hydrogen) atoms. The van der Waals surface area contributed by atoms with E-state index in [4.69, 9.17) is 10.5 Å². The van der Waals surface area contributed by atoms with Crippen LogP contribution in [0.4, 0.5) is 5.82 Å². The fraction of sp³-hybridized carbons (Fsp3) is 0.136. The molecule has 0 aliphatic rings. The number of benzene rings is 1. The molecule has 4 aromatic rings. The number of nitrogen functional groups attached to an aromatic ring is 1. The SMILES string of the molecule is Cn1c(N)c(C(=O)COC(=O)c2cc(-c3cccs3)nn2-c2ccccc2)c(=O)n(C)c1=O. The molecule has 0 amide bonds. The van der Waals surface area contributed by atoms with Crippen LogP contribution in [0, 0.1) is 0 Å². The predicted molar refractivity (Wildman–Crippen MR) is 123 cm³/mol. The molecule has 0 spiro atoms. The molecule has 0 atom stereocenters. The van der Waals surface area contributed by atoms with E-state index in [0.717, 1.165) is 14.0 Å². The molecule has 0 saturated heterocycles. The Hall–Kier alpha value is -4.25. The quantitative estimate of drug-likeness (QED) is 0.338. The highest BCUT2D eigenvalue weighted by Gasteiger charge is 2.24. The summed E-state index contributed by atoms with van der Waals surface area (Å²) < 4.78 is 8.40. The highest BCUT2D eigenvalue weighted by molar-refractivity contribution is 7.13. The van der Waals surface area contributed by atoms with Gasteiger partial charge in [-0.2, -0.15) is 5.10 Å². The van der Waals surface area contributed by atoms with Crippen molar-refractivity contribution in [2.24, 2.45) is 14.1 Å². The molecule has 3 aromatic heterocycles. The minimum atomic E-state index is -0.856. The molecule has 0 bridgehead atoms. The molecule has 2 N–H and O–H groups in total. The molecule has 0 saturated carbocycles. The Balaban J connectivity index is 1.64. The van der Waals surface area contributed by atoms with Crippen LogP contribution < -0.4 is 17.0 Å². The summed E-state index contributed by atoms with van der Waals surface area (Å²) in [4.78, 5) is 50.8. The van der Waals surface area contributed by atoms with E-state index < -0.39 is 35.2 Å². The molecule has 0 aliphatic heterocycles. The normalized spacial score (nSPS) is 10.8. The maximum Gasteiger partial charge on any atom is 0.357 e. The Kier molecular flexibility index (Phi) is 5.80. The van der Waals surface area contributed by atoms with Gasteiger partial charge in [-0.1, -0.05) is 24.3 Å². The number of carbonyl (C=O) groups is 2. The predicted octanol–water partition coefficient (Wildman–Crippen LogP) is 1.62. The number of ketones is 1. The van der Waals surface area contributed by atoms with E-state index in [-0.39, 0.29) is 11.5 Å². The Morgan fingerprint density at radius 3 is 2.45 bits per heavy atom. The molecular weight excluding hydrogens is 446 g/mol. The first-order valence-corrected chi connectivity index (χ1v) is 10.6. The second-order valence-electron chi connectivity index (χ2n) is 7.10. The third kappa shape index (κ3) is 4.01. The third-order valence-corrected chi connectivity index (χ3v) is 5.91. The van der Waals surface area contributed by atoms with Gasteiger partial charge in [-0.3, -0.25) is 18.7 Å². The van der Waals surface area contributed by atoms with Crippen molar-refractivity contribution in [1.82, 2.24) is 18.9 Å². The van der Waals surface area contributed by atoms with Crippen molar-refractivity contribution in [2.75, 3.05) is 12.3 Å². The van der Waals surface area contributed by atoms with Crippen LogP contribution in [0.25, 0.3) is 16.3 Å². The zero-order valence-electron chi connectivity index (χ0n) is 17.7. The number of para-hydroxylation sites is 1. The monoisotopic (exact) mass is 465 g/mol. The minimum absolute atomic E-state index is 0.110. The summed E-state index contributed by atoms with van der Waals surface area (Å²) in [6.07, 6.45) is 0. The molecule has 4 rings (SSSR count). The molecule has 3 heterocycles. The molecule has 0 radical (unpaired) electrons. The van der Waals surface area contributed by atoms with Crippen molar-refractivity contribution >= 4 is 28.9 Å². The number of esters is 1. The third-order valence-electron chi connectivity index (χ3n) is 5.02. The van der Waals surface area contributed by atoms with Crippen LogP contribution in [0.15, 0.2) is 63.5 Å². The van der Waals surface area contributed by atoms with Gasteiger partial charge in [0.05, 0.1) is 10.6 Å². The fourth-order valence-electron chi connectivity index (χ4n) is 3.24. The maximum absolute atomic E-state index is 12.9. The number of nitrogens with two attached hydrogens (primary N) is 1. The molecular formula is C22H19N5O5S. The number of anilines is 1. The van der Waals surface area contributed by atoms with Gasteiger partial charge in [0.25, 0.3) is 5.56 Å². The van der Waals surface area contributed by atoms with Crippen LogP contribution in [-0.4, -0.2) is 37.3 Å². The first-order valence-electron chi connectivity index (χ1n) is 9.74. The van der Waals surface area contributed by atoms with Gasteiger partial charge in [0.1, 0.15) is 17.1 Å². The van der Waals surface area contributed by atoms with E-state index in [2.05, 4.69) is 5.10 Å². The highest BCUT2D eigenvalue weighted by Crippen LogP contribution is 2.26. The number of ether oxygens (including phenoxy) is 1. The smallest absolute Gasteiger partial charge is 0.357 e. The molecule has 0 unspecified atom stereocenters. The summed E-state index contributed by atoms with van der Waals surface area (Å²) in [6.45, 7) is -0.731. The number of aromatic nitrogens is 4. The van der Waals surface area contributed by atoms with E-state index in [9.17, 15) is 19.2 Å². The number of rotatable bonds is 6. The van der Waals surface area contributed by atoms with Crippen LogP contribution in [0.5, 0.6) is 0 Å². The molecule has 0 fully saturated rings. The van der Waals surface area contributed by atoms with E-state index >= 15 is 0 Å². The standard InChI is InChI=1S/C22H19N5O5S/c1-25-19(23)18(20(29)26(2)22(25)31)16(28)12-32-21(30)15-11-14(17-9-6-10-33-17)24-27(15)13-7-4-3-5-8-13/h3-11H,12,23H2,1-2H3. The summed E-state index contributed by atoms with van der Waals surface area (Å²) >= 11 is 1.47. The van der Waals surface area contributed by atoms with Gasteiger partial charge < -0.3 is 10.5 Å². The lowest BCUT2D eigenvalue weighted by molar-refractivity contribution is 0.0465. The molecule has 168 valence electrons. The van der Waals surface area contributed by atoms with Crippen LogP contribution in [0.2, 0.25) is 0 Å².